The van der Waals surface area contributed by atoms with E-state index < -0.39 is 10.0 Å². The van der Waals surface area contributed by atoms with Crippen LogP contribution in [0.4, 0.5) is 0 Å². The zero-order chi connectivity index (χ0) is 17.2. The maximum Gasteiger partial charge on any atom is 0.251 e. The molecule has 1 fully saturated rings. The highest BCUT2D eigenvalue weighted by Gasteiger charge is 2.25. The first-order valence-corrected chi connectivity index (χ1v) is 9.72. The Morgan fingerprint density at radius 1 is 1.21 bits per heavy atom. The minimum absolute atomic E-state index is 0.145. The number of carbonyl (C=O) groups excluding carboxylic acids is 1. The number of carbonyl (C=O) groups is 1. The van der Waals surface area contributed by atoms with Crippen molar-refractivity contribution in [3.8, 4) is 0 Å². The maximum atomic E-state index is 12.3. The number of piperidine rings is 1. The number of hydrogen-bond donors (Lipinski definition) is 1. The van der Waals surface area contributed by atoms with Crippen molar-refractivity contribution in [1.29, 1.82) is 0 Å². The zero-order valence-electron chi connectivity index (χ0n) is 13.5. The zero-order valence-corrected chi connectivity index (χ0v) is 14.3. The first kappa shape index (κ1) is 16.8. The van der Waals surface area contributed by atoms with Gasteiger partial charge in [0, 0.05) is 37.6 Å². The Balaban J connectivity index is 1.56. The molecule has 0 atom stereocenters. The molecule has 1 saturated heterocycles. The number of fused-ring (bicyclic) bond motifs is 1. The van der Waals surface area contributed by atoms with E-state index in [9.17, 15) is 13.2 Å². The molecule has 1 aliphatic rings. The SMILES string of the molecule is CS(=O)(=O)N1CCC(CNC(=O)c2ccc3nccnc3c2)CC1. The van der Waals surface area contributed by atoms with Crippen LogP contribution in [0, 0.1) is 5.92 Å². The number of benzene rings is 1. The molecular weight excluding hydrogens is 328 g/mol. The molecule has 3 rings (SSSR count). The van der Waals surface area contributed by atoms with E-state index in [0.29, 0.717) is 36.6 Å². The molecule has 0 spiro atoms. The van der Waals surface area contributed by atoms with Crippen molar-refractivity contribution < 1.29 is 13.2 Å². The molecule has 0 unspecified atom stereocenters. The van der Waals surface area contributed by atoms with Gasteiger partial charge in [-0.25, -0.2) is 12.7 Å². The van der Waals surface area contributed by atoms with Crippen LogP contribution in [-0.4, -0.2) is 54.5 Å². The molecule has 0 bridgehead atoms. The van der Waals surface area contributed by atoms with E-state index in [-0.39, 0.29) is 5.91 Å². The predicted octanol–water partition coefficient (Wildman–Crippen LogP) is 1.03. The fraction of sp³-hybridized carbons (Fsp3) is 0.438. The fourth-order valence-electron chi connectivity index (χ4n) is 2.89. The summed E-state index contributed by atoms with van der Waals surface area (Å²) >= 11 is 0. The maximum absolute atomic E-state index is 12.3. The average Bonchev–Trinajstić information content (AvgIpc) is 2.59. The molecule has 2 aromatic rings. The van der Waals surface area contributed by atoms with Crippen LogP contribution in [0.3, 0.4) is 0 Å². The van der Waals surface area contributed by atoms with Gasteiger partial charge in [0.05, 0.1) is 17.3 Å². The molecule has 1 amide bonds. The number of sulfonamides is 1. The standard InChI is InChI=1S/C16H20N4O3S/c1-24(22,23)20-8-4-12(5-9-20)11-19-16(21)13-2-3-14-15(10-13)18-7-6-17-14/h2-3,6-7,10,12H,4-5,8-9,11H2,1H3,(H,19,21). The third-order valence-corrected chi connectivity index (χ3v) is 5.63. The van der Waals surface area contributed by atoms with E-state index >= 15 is 0 Å². The van der Waals surface area contributed by atoms with Crippen molar-refractivity contribution >= 4 is 27.0 Å². The number of aromatic nitrogens is 2. The quantitative estimate of drug-likeness (QED) is 0.891. The summed E-state index contributed by atoms with van der Waals surface area (Å²) in [6.07, 6.45) is 5.97. The van der Waals surface area contributed by atoms with E-state index in [1.54, 1.807) is 30.6 Å². The molecule has 1 aromatic heterocycles. The van der Waals surface area contributed by atoms with Crippen LogP contribution in [0.5, 0.6) is 0 Å². The van der Waals surface area contributed by atoms with E-state index in [0.717, 1.165) is 18.4 Å². The van der Waals surface area contributed by atoms with Crippen LogP contribution in [0.15, 0.2) is 30.6 Å². The minimum atomic E-state index is -3.11. The Bertz CT molecular complexity index is 845. The van der Waals surface area contributed by atoms with Gasteiger partial charge in [0.1, 0.15) is 0 Å². The number of hydrogen-bond acceptors (Lipinski definition) is 5. The predicted molar refractivity (Wildman–Crippen MR) is 91.0 cm³/mol. The molecule has 0 radical (unpaired) electrons. The van der Waals surface area contributed by atoms with E-state index in [2.05, 4.69) is 15.3 Å². The Morgan fingerprint density at radius 3 is 2.54 bits per heavy atom. The highest BCUT2D eigenvalue weighted by molar-refractivity contribution is 7.88. The van der Waals surface area contributed by atoms with Crippen molar-refractivity contribution in [3.63, 3.8) is 0 Å². The summed E-state index contributed by atoms with van der Waals surface area (Å²) < 4.78 is 24.5. The van der Waals surface area contributed by atoms with Gasteiger partial charge in [-0.3, -0.25) is 14.8 Å². The van der Waals surface area contributed by atoms with Crippen molar-refractivity contribution in [3.05, 3.63) is 36.2 Å². The van der Waals surface area contributed by atoms with Gasteiger partial charge in [0.2, 0.25) is 10.0 Å². The lowest BCUT2D eigenvalue weighted by atomic mass is 9.98. The first-order valence-electron chi connectivity index (χ1n) is 7.87. The molecule has 8 heteroatoms. The molecular formula is C16H20N4O3S. The second-order valence-electron chi connectivity index (χ2n) is 6.08. The molecule has 2 heterocycles. The number of nitrogens with one attached hydrogen (secondary N) is 1. The van der Waals surface area contributed by atoms with Gasteiger partial charge in [0.15, 0.2) is 0 Å². The lowest BCUT2D eigenvalue weighted by Gasteiger charge is -2.30. The first-order chi connectivity index (χ1) is 11.4. The number of rotatable bonds is 4. The van der Waals surface area contributed by atoms with Gasteiger partial charge >= 0.3 is 0 Å². The topological polar surface area (TPSA) is 92.3 Å². The van der Waals surface area contributed by atoms with Crippen molar-refractivity contribution in [1.82, 2.24) is 19.6 Å². The molecule has 0 saturated carbocycles. The normalized spacial score (nSPS) is 17.0. The van der Waals surface area contributed by atoms with Crippen molar-refractivity contribution in [2.24, 2.45) is 5.92 Å². The van der Waals surface area contributed by atoms with Crippen LogP contribution >= 0.6 is 0 Å². The van der Waals surface area contributed by atoms with Gasteiger partial charge in [-0.2, -0.15) is 0 Å². The van der Waals surface area contributed by atoms with Crippen LogP contribution < -0.4 is 5.32 Å². The van der Waals surface area contributed by atoms with E-state index in [1.807, 2.05) is 0 Å². The minimum Gasteiger partial charge on any atom is -0.352 e. The van der Waals surface area contributed by atoms with Crippen LogP contribution in [0.2, 0.25) is 0 Å². The van der Waals surface area contributed by atoms with Gasteiger partial charge in [-0.05, 0) is 37.0 Å². The van der Waals surface area contributed by atoms with Gasteiger partial charge < -0.3 is 5.32 Å². The van der Waals surface area contributed by atoms with E-state index in [1.165, 1.54) is 10.6 Å². The molecule has 1 aliphatic heterocycles. The van der Waals surface area contributed by atoms with Gasteiger partial charge in [0.25, 0.3) is 5.91 Å². The summed E-state index contributed by atoms with van der Waals surface area (Å²) in [5.74, 6) is 0.153. The van der Waals surface area contributed by atoms with Gasteiger partial charge in [-0.1, -0.05) is 0 Å². The molecule has 24 heavy (non-hydrogen) atoms. The molecule has 7 nitrogen and oxygen atoms in total. The summed E-state index contributed by atoms with van der Waals surface area (Å²) in [5, 5.41) is 2.93. The molecule has 0 aliphatic carbocycles. The number of amides is 1. The van der Waals surface area contributed by atoms with Crippen molar-refractivity contribution in [2.45, 2.75) is 12.8 Å². The molecule has 128 valence electrons. The monoisotopic (exact) mass is 348 g/mol. The summed E-state index contributed by atoms with van der Waals surface area (Å²) in [4.78, 5) is 20.7. The smallest absolute Gasteiger partial charge is 0.251 e. The van der Waals surface area contributed by atoms with Crippen LogP contribution in [-0.2, 0) is 10.0 Å². The summed E-state index contributed by atoms with van der Waals surface area (Å²) in [6, 6.07) is 5.24. The Morgan fingerprint density at radius 2 is 1.88 bits per heavy atom. The second kappa shape index (κ2) is 6.82. The highest BCUT2D eigenvalue weighted by Crippen LogP contribution is 2.18. The highest BCUT2D eigenvalue weighted by atomic mass is 32.2. The van der Waals surface area contributed by atoms with Crippen LogP contribution in [0.25, 0.3) is 11.0 Å². The Hall–Kier alpha value is -2.06. The number of nitrogens with zero attached hydrogens (tertiary/aromatic N) is 3. The average molecular weight is 348 g/mol. The summed E-state index contributed by atoms with van der Waals surface area (Å²) in [7, 11) is -3.11. The Labute approximate surface area is 141 Å². The fourth-order valence-corrected chi connectivity index (χ4v) is 3.76. The van der Waals surface area contributed by atoms with Crippen molar-refractivity contribution in [2.75, 3.05) is 25.9 Å². The third-order valence-electron chi connectivity index (χ3n) is 4.33. The molecule has 1 aromatic carbocycles. The summed E-state index contributed by atoms with van der Waals surface area (Å²) in [5.41, 5.74) is 1.99. The lowest BCUT2D eigenvalue weighted by Crippen LogP contribution is -2.41. The lowest BCUT2D eigenvalue weighted by molar-refractivity contribution is 0.0941. The largest absolute Gasteiger partial charge is 0.352 e. The van der Waals surface area contributed by atoms with Crippen LogP contribution in [0.1, 0.15) is 23.2 Å². The Kier molecular flexibility index (Phi) is 4.77. The van der Waals surface area contributed by atoms with Gasteiger partial charge in [-0.15, -0.1) is 0 Å². The molecule has 1 N–H and O–H groups in total. The van der Waals surface area contributed by atoms with E-state index in [4.69, 9.17) is 0 Å². The third kappa shape index (κ3) is 3.88. The summed E-state index contributed by atoms with van der Waals surface area (Å²) in [6.45, 7) is 1.59. The second-order valence-corrected chi connectivity index (χ2v) is 8.06.